The van der Waals surface area contributed by atoms with Crippen LogP contribution in [0.4, 0.5) is 0 Å². The maximum Gasteiger partial charge on any atom is 0.112 e. The Bertz CT molecular complexity index is 1070. The maximum atomic E-state index is 8.07. The highest BCUT2D eigenvalue weighted by atomic mass is 15.1. The fourth-order valence-electron chi connectivity index (χ4n) is 4.66. The Morgan fingerprint density at radius 2 is 1.93 bits per heavy atom. The van der Waals surface area contributed by atoms with Gasteiger partial charge in [0.15, 0.2) is 0 Å². The first-order valence-electron chi connectivity index (χ1n) is 9.99. The summed E-state index contributed by atoms with van der Waals surface area (Å²) in [4.78, 5) is 9.69. The van der Waals surface area contributed by atoms with E-state index in [-0.39, 0.29) is 0 Å². The van der Waals surface area contributed by atoms with Crippen molar-refractivity contribution in [3.63, 3.8) is 0 Å². The third kappa shape index (κ3) is 2.97. The fraction of sp³-hybridized carbons (Fsp3) is 0.435. The predicted octanol–water partition coefficient (Wildman–Crippen LogP) is 5.92. The van der Waals surface area contributed by atoms with Crippen LogP contribution in [0.15, 0.2) is 24.4 Å². The molecule has 1 aliphatic carbocycles. The van der Waals surface area contributed by atoms with Crippen molar-refractivity contribution in [1.82, 2.24) is 14.5 Å². The Morgan fingerprint density at radius 3 is 2.59 bits per heavy atom. The number of fused-ring (bicyclic) bond motifs is 3. The SMILES string of the molecule is C/C=C(/C(C)=N)c1cc2ncc3nc(C4CCCCC4)n(C)c3c2cc1C. The summed E-state index contributed by atoms with van der Waals surface area (Å²) >= 11 is 0. The lowest BCUT2D eigenvalue weighted by Crippen LogP contribution is -2.10. The van der Waals surface area contributed by atoms with Gasteiger partial charge in [0.1, 0.15) is 11.3 Å². The smallest absolute Gasteiger partial charge is 0.112 e. The van der Waals surface area contributed by atoms with E-state index < -0.39 is 0 Å². The van der Waals surface area contributed by atoms with Crippen LogP contribution < -0.4 is 0 Å². The number of hydrogen-bond acceptors (Lipinski definition) is 3. The molecule has 2 heterocycles. The van der Waals surface area contributed by atoms with Crippen LogP contribution in [-0.4, -0.2) is 20.2 Å². The van der Waals surface area contributed by atoms with E-state index in [0.717, 1.165) is 27.6 Å². The lowest BCUT2D eigenvalue weighted by Gasteiger charge is -2.21. The minimum absolute atomic E-state index is 0.571. The second-order valence-corrected chi connectivity index (χ2v) is 7.87. The van der Waals surface area contributed by atoms with Crippen LogP contribution >= 0.6 is 0 Å². The molecule has 0 bridgehead atoms. The van der Waals surface area contributed by atoms with Gasteiger partial charge in [-0.05, 0) is 62.4 Å². The molecular formula is C23H28N4. The molecule has 4 heteroatoms. The fourth-order valence-corrected chi connectivity index (χ4v) is 4.66. The Balaban J connectivity index is 1.92. The molecule has 0 spiro atoms. The van der Waals surface area contributed by atoms with Gasteiger partial charge in [-0.3, -0.25) is 4.98 Å². The molecule has 2 aromatic heterocycles. The number of imidazole rings is 1. The van der Waals surface area contributed by atoms with Crippen LogP contribution in [0.5, 0.6) is 0 Å². The van der Waals surface area contributed by atoms with Crippen LogP contribution in [0.2, 0.25) is 0 Å². The summed E-state index contributed by atoms with van der Waals surface area (Å²) in [6, 6.07) is 4.35. The Kier molecular flexibility index (Phi) is 4.58. The number of aromatic nitrogens is 3. The third-order valence-electron chi connectivity index (χ3n) is 6.03. The molecule has 0 radical (unpaired) electrons. The van der Waals surface area contributed by atoms with Crippen LogP contribution in [0.1, 0.15) is 68.8 Å². The van der Waals surface area contributed by atoms with Gasteiger partial charge in [-0.2, -0.15) is 0 Å². The summed E-state index contributed by atoms with van der Waals surface area (Å²) in [5.74, 6) is 1.78. The molecule has 1 aromatic carbocycles. The molecule has 0 saturated heterocycles. The first kappa shape index (κ1) is 17.9. The zero-order valence-electron chi connectivity index (χ0n) is 16.8. The number of rotatable bonds is 3. The Hall–Kier alpha value is -2.49. The molecule has 4 rings (SSSR count). The largest absolute Gasteiger partial charge is 0.330 e. The van der Waals surface area contributed by atoms with Gasteiger partial charge in [0.2, 0.25) is 0 Å². The van der Waals surface area contributed by atoms with Crippen LogP contribution in [0, 0.1) is 12.3 Å². The van der Waals surface area contributed by atoms with E-state index in [9.17, 15) is 0 Å². The molecule has 1 aliphatic rings. The molecule has 0 unspecified atom stereocenters. The molecule has 140 valence electrons. The van der Waals surface area contributed by atoms with Crippen LogP contribution in [0.3, 0.4) is 0 Å². The quantitative estimate of drug-likeness (QED) is 0.589. The summed E-state index contributed by atoms with van der Waals surface area (Å²) in [5.41, 5.74) is 6.99. The van der Waals surface area contributed by atoms with Gasteiger partial charge in [0.25, 0.3) is 0 Å². The minimum atomic E-state index is 0.571. The number of benzene rings is 1. The number of pyridine rings is 1. The molecule has 0 amide bonds. The highest BCUT2D eigenvalue weighted by Crippen LogP contribution is 2.35. The summed E-state index contributed by atoms with van der Waals surface area (Å²) in [6.07, 6.45) is 10.4. The predicted molar refractivity (Wildman–Crippen MR) is 114 cm³/mol. The molecule has 1 fully saturated rings. The van der Waals surface area contributed by atoms with Crippen molar-refractivity contribution in [2.24, 2.45) is 7.05 Å². The highest BCUT2D eigenvalue weighted by molar-refractivity contribution is 6.22. The van der Waals surface area contributed by atoms with Gasteiger partial charge in [-0.1, -0.05) is 25.3 Å². The molecule has 0 atom stereocenters. The van der Waals surface area contributed by atoms with Gasteiger partial charge in [0, 0.05) is 24.1 Å². The van der Waals surface area contributed by atoms with E-state index >= 15 is 0 Å². The Labute approximate surface area is 160 Å². The van der Waals surface area contributed by atoms with E-state index in [1.54, 1.807) is 0 Å². The second kappa shape index (κ2) is 6.91. The Morgan fingerprint density at radius 1 is 1.19 bits per heavy atom. The topological polar surface area (TPSA) is 54.6 Å². The second-order valence-electron chi connectivity index (χ2n) is 7.87. The van der Waals surface area contributed by atoms with Gasteiger partial charge >= 0.3 is 0 Å². The molecule has 0 aliphatic heterocycles. The van der Waals surface area contributed by atoms with Crippen molar-refractivity contribution in [2.75, 3.05) is 0 Å². The van der Waals surface area contributed by atoms with E-state index in [1.807, 2.05) is 26.1 Å². The van der Waals surface area contributed by atoms with E-state index in [1.165, 1.54) is 49.0 Å². The number of nitrogens with zero attached hydrogens (tertiary/aromatic N) is 3. The average molecular weight is 361 g/mol. The number of allylic oxidation sites excluding steroid dienone is 2. The molecular weight excluding hydrogens is 332 g/mol. The van der Waals surface area contributed by atoms with Gasteiger partial charge in [-0.25, -0.2) is 4.98 Å². The van der Waals surface area contributed by atoms with Crippen molar-refractivity contribution in [1.29, 1.82) is 5.41 Å². The summed E-state index contributed by atoms with van der Waals surface area (Å²) < 4.78 is 2.30. The molecule has 4 nitrogen and oxygen atoms in total. The summed E-state index contributed by atoms with van der Waals surface area (Å²) in [6.45, 7) is 5.96. The van der Waals surface area contributed by atoms with E-state index in [0.29, 0.717) is 11.6 Å². The molecule has 3 aromatic rings. The van der Waals surface area contributed by atoms with Gasteiger partial charge in [0.05, 0.1) is 17.2 Å². The van der Waals surface area contributed by atoms with Gasteiger partial charge < -0.3 is 9.98 Å². The monoisotopic (exact) mass is 360 g/mol. The number of hydrogen-bond donors (Lipinski definition) is 1. The average Bonchev–Trinajstić information content (AvgIpc) is 3.00. The number of nitrogens with one attached hydrogen (secondary N) is 1. The first-order valence-corrected chi connectivity index (χ1v) is 9.99. The number of aryl methyl sites for hydroxylation is 2. The third-order valence-corrected chi connectivity index (χ3v) is 6.03. The molecule has 27 heavy (non-hydrogen) atoms. The van der Waals surface area contributed by atoms with Crippen molar-refractivity contribution in [3.05, 3.63) is 41.4 Å². The van der Waals surface area contributed by atoms with Crippen LogP contribution in [-0.2, 0) is 7.05 Å². The maximum absolute atomic E-state index is 8.07. The standard InChI is InChI=1S/C23H28N4/c1-5-17(15(3)24)18-12-20-19(11-14(18)2)22-21(13-25-20)26-23(27(22)4)16-9-7-6-8-10-16/h5,11-13,16,24H,6-10H2,1-4H3/b17-5-,24-15?. The molecule has 1 saturated carbocycles. The lowest BCUT2D eigenvalue weighted by atomic mass is 9.89. The van der Waals surface area contributed by atoms with Crippen molar-refractivity contribution in [2.45, 2.75) is 58.8 Å². The minimum Gasteiger partial charge on any atom is -0.330 e. The first-order chi connectivity index (χ1) is 13.0. The van der Waals surface area contributed by atoms with Crippen molar-refractivity contribution < 1.29 is 0 Å². The highest BCUT2D eigenvalue weighted by Gasteiger charge is 2.22. The lowest BCUT2D eigenvalue weighted by molar-refractivity contribution is 0.423. The van der Waals surface area contributed by atoms with E-state index in [4.69, 9.17) is 15.4 Å². The summed E-state index contributed by atoms with van der Waals surface area (Å²) in [5, 5.41) is 9.23. The zero-order chi connectivity index (χ0) is 19.1. The van der Waals surface area contributed by atoms with Crippen molar-refractivity contribution in [3.8, 4) is 0 Å². The summed E-state index contributed by atoms with van der Waals surface area (Å²) in [7, 11) is 2.15. The van der Waals surface area contributed by atoms with Crippen molar-refractivity contribution >= 4 is 33.2 Å². The van der Waals surface area contributed by atoms with E-state index in [2.05, 4.69) is 30.7 Å². The molecule has 1 N–H and O–H groups in total. The zero-order valence-corrected chi connectivity index (χ0v) is 16.8. The van der Waals surface area contributed by atoms with Gasteiger partial charge in [-0.15, -0.1) is 0 Å². The normalized spacial score (nSPS) is 16.4. The van der Waals surface area contributed by atoms with Crippen LogP contribution in [0.25, 0.3) is 27.5 Å².